The molecule has 1 aromatic heterocycles. The standard InChI is InChI=1S/C17H21FN2O2/c1-21-15-6-5-13(18)12-14(15)17(16-4-2-11-22-16)20-9-3-7-19-8-10-20/h2,4-6,11-12,17,19H,3,7-10H2,1H3. The second-order valence-electron chi connectivity index (χ2n) is 5.44. The van der Waals surface area contributed by atoms with Crippen LogP contribution in [0.2, 0.25) is 0 Å². The number of halogens is 1. The van der Waals surface area contributed by atoms with Crippen molar-refractivity contribution in [1.82, 2.24) is 10.2 Å². The molecule has 1 atom stereocenters. The third-order valence-electron chi connectivity index (χ3n) is 4.04. The number of benzene rings is 1. The van der Waals surface area contributed by atoms with Crippen molar-refractivity contribution in [2.45, 2.75) is 12.5 Å². The van der Waals surface area contributed by atoms with Gasteiger partial charge in [0.25, 0.3) is 0 Å². The first-order chi connectivity index (χ1) is 10.8. The maximum atomic E-state index is 13.8. The van der Waals surface area contributed by atoms with E-state index in [1.807, 2.05) is 12.1 Å². The van der Waals surface area contributed by atoms with Crippen molar-refractivity contribution in [2.75, 3.05) is 33.3 Å². The van der Waals surface area contributed by atoms with E-state index in [1.165, 1.54) is 6.07 Å². The van der Waals surface area contributed by atoms with Crippen LogP contribution < -0.4 is 10.1 Å². The fourth-order valence-corrected chi connectivity index (χ4v) is 3.02. The average Bonchev–Trinajstić information content (AvgIpc) is 2.91. The molecule has 1 N–H and O–H groups in total. The SMILES string of the molecule is COc1ccc(F)cc1C(c1ccco1)N1CCCNCC1. The fraction of sp³-hybridized carbons (Fsp3) is 0.412. The Balaban J connectivity index is 2.03. The summed E-state index contributed by atoms with van der Waals surface area (Å²) >= 11 is 0. The smallest absolute Gasteiger partial charge is 0.125 e. The highest BCUT2D eigenvalue weighted by Gasteiger charge is 2.28. The predicted molar refractivity (Wildman–Crippen MR) is 82.6 cm³/mol. The molecule has 4 nitrogen and oxygen atoms in total. The molecule has 1 aliphatic rings. The maximum absolute atomic E-state index is 13.8. The van der Waals surface area contributed by atoms with E-state index in [0.717, 1.165) is 43.9 Å². The van der Waals surface area contributed by atoms with Crippen LogP contribution in [0.5, 0.6) is 5.75 Å². The maximum Gasteiger partial charge on any atom is 0.125 e. The average molecular weight is 304 g/mol. The molecule has 1 fully saturated rings. The summed E-state index contributed by atoms with van der Waals surface area (Å²) in [5.74, 6) is 1.23. The second-order valence-corrected chi connectivity index (χ2v) is 5.44. The van der Waals surface area contributed by atoms with Crippen LogP contribution in [0.1, 0.15) is 23.8 Å². The summed E-state index contributed by atoms with van der Waals surface area (Å²) in [7, 11) is 1.61. The van der Waals surface area contributed by atoms with E-state index < -0.39 is 0 Å². The molecular weight excluding hydrogens is 283 g/mol. The van der Waals surface area contributed by atoms with Gasteiger partial charge in [-0.1, -0.05) is 0 Å². The Kier molecular flexibility index (Phi) is 4.75. The van der Waals surface area contributed by atoms with Gasteiger partial charge in [0.15, 0.2) is 0 Å². The van der Waals surface area contributed by atoms with E-state index >= 15 is 0 Å². The number of furan rings is 1. The Morgan fingerprint density at radius 3 is 2.95 bits per heavy atom. The van der Waals surface area contributed by atoms with Gasteiger partial charge in [-0.2, -0.15) is 0 Å². The molecule has 0 aliphatic carbocycles. The lowest BCUT2D eigenvalue weighted by Crippen LogP contribution is -2.33. The third kappa shape index (κ3) is 3.15. The van der Waals surface area contributed by atoms with Crippen molar-refractivity contribution in [1.29, 1.82) is 0 Å². The molecular formula is C17H21FN2O2. The topological polar surface area (TPSA) is 37.6 Å². The van der Waals surface area contributed by atoms with E-state index in [9.17, 15) is 4.39 Å². The zero-order chi connectivity index (χ0) is 15.4. The zero-order valence-electron chi connectivity index (χ0n) is 12.7. The minimum atomic E-state index is -0.264. The summed E-state index contributed by atoms with van der Waals surface area (Å²) < 4.78 is 24.9. The quantitative estimate of drug-likeness (QED) is 0.942. The van der Waals surface area contributed by atoms with Crippen LogP contribution in [0, 0.1) is 5.82 Å². The zero-order valence-corrected chi connectivity index (χ0v) is 12.7. The lowest BCUT2D eigenvalue weighted by molar-refractivity contribution is 0.211. The van der Waals surface area contributed by atoms with Crippen LogP contribution in [0.25, 0.3) is 0 Å². The van der Waals surface area contributed by atoms with Gasteiger partial charge in [-0.3, -0.25) is 4.90 Å². The number of ether oxygens (including phenoxy) is 1. The van der Waals surface area contributed by atoms with Gasteiger partial charge in [0.1, 0.15) is 17.3 Å². The number of hydrogen-bond donors (Lipinski definition) is 1. The number of rotatable bonds is 4. The van der Waals surface area contributed by atoms with E-state index in [-0.39, 0.29) is 11.9 Å². The number of nitrogens with zero attached hydrogens (tertiary/aromatic N) is 1. The first-order valence-corrected chi connectivity index (χ1v) is 7.61. The molecule has 2 heterocycles. The highest BCUT2D eigenvalue weighted by Crippen LogP contribution is 2.35. The van der Waals surface area contributed by atoms with Gasteiger partial charge in [-0.25, -0.2) is 4.39 Å². The van der Waals surface area contributed by atoms with Crippen LogP contribution in [-0.4, -0.2) is 38.2 Å². The van der Waals surface area contributed by atoms with Gasteiger partial charge in [0.2, 0.25) is 0 Å². The Morgan fingerprint density at radius 1 is 1.27 bits per heavy atom. The summed E-state index contributed by atoms with van der Waals surface area (Å²) in [5.41, 5.74) is 0.805. The van der Waals surface area contributed by atoms with Gasteiger partial charge in [-0.05, 0) is 43.3 Å². The molecule has 1 aromatic carbocycles. The highest BCUT2D eigenvalue weighted by atomic mass is 19.1. The number of hydrogen-bond acceptors (Lipinski definition) is 4. The molecule has 5 heteroatoms. The van der Waals surface area contributed by atoms with Crippen LogP contribution in [0.15, 0.2) is 41.0 Å². The van der Waals surface area contributed by atoms with Gasteiger partial charge < -0.3 is 14.5 Å². The molecule has 1 saturated heterocycles. The second kappa shape index (κ2) is 6.94. The minimum Gasteiger partial charge on any atom is -0.496 e. The van der Waals surface area contributed by atoms with E-state index in [2.05, 4.69) is 10.2 Å². The molecule has 0 saturated carbocycles. The first kappa shape index (κ1) is 15.1. The number of nitrogens with one attached hydrogen (secondary N) is 1. The van der Waals surface area contributed by atoms with E-state index in [0.29, 0.717) is 5.75 Å². The summed E-state index contributed by atoms with van der Waals surface area (Å²) in [4.78, 5) is 2.32. The van der Waals surface area contributed by atoms with Crippen molar-refractivity contribution in [2.24, 2.45) is 0 Å². The summed E-state index contributed by atoms with van der Waals surface area (Å²) in [6, 6.07) is 8.31. The number of methoxy groups -OCH3 is 1. The third-order valence-corrected chi connectivity index (χ3v) is 4.04. The van der Waals surface area contributed by atoms with Crippen molar-refractivity contribution < 1.29 is 13.5 Å². The molecule has 3 rings (SSSR count). The first-order valence-electron chi connectivity index (χ1n) is 7.61. The van der Waals surface area contributed by atoms with Crippen molar-refractivity contribution in [3.63, 3.8) is 0 Å². The molecule has 0 spiro atoms. The Bertz CT molecular complexity index is 593. The largest absolute Gasteiger partial charge is 0.496 e. The molecule has 0 amide bonds. The molecule has 22 heavy (non-hydrogen) atoms. The van der Waals surface area contributed by atoms with Gasteiger partial charge in [-0.15, -0.1) is 0 Å². The van der Waals surface area contributed by atoms with Crippen molar-refractivity contribution >= 4 is 0 Å². The lowest BCUT2D eigenvalue weighted by Gasteiger charge is -2.30. The molecule has 1 aliphatic heterocycles. The Hall–Kier alpha value is -1.85. The Labute approximate surface area is 129 Å². The van der Waals surface area contributed by atoms with Gasteiger partial charge >= 0.3 is 0 Å². The van der Waals surface area contributed by atoms with E-state index in [1.54, 1.807) is 25.5 Å². The Morgan fingerprint density at radius 2 is 2.18 bits per heavy atom. The van der Waals surface area contributed by atoms with Gasteiger partial charge in [0.05, 0.1) is 19.4 Å². The summed E-state index contributed by atoms with van der Waals surface area (Å²) in [5, 5.41) is 3.39. The highest BCUT2D eigenvalue weighted by molar-refractivity contribution is 5.40. The minimum absolute atomic E-state index is 0.138. The van der Waals surface area contributed by atoms with Crippen molar-refractivity contribution in [3.05, 3.63) is 53.7 Å². The molecule has 0 radical (unpaired) electrons. The van der Waals surface area contributed by atoms with E-state index in [4.69, 9.17) is 9.15 Å². The van der Waals surface area contributed by atoms with Crippen LogP contribution in [0.4, 0.5) is 4.39 Å². The van der Waals surface area contributed by atoms with Crippen LogP contribution in [0.3, 0.4) is 0 Å². The van der Waals surface area contributed by atoms with Gasteiger partial charge in [0, 0.05) is 25.2 Å². The van der Waals surface area contributed by atoms with Crippen LogP contribution in [-0.2, 0) is 0 Å². The monoisotopic (exact) mass is 304 g/mol. The fourth-order valence-electron chi connectivity index (χ4n) is 3.02. The molecule has 0 bridgehead atoms. The summed E-state index contributed by atoms with van der Waals surface area (Å²) in [6.07, 6.45) is 2.71. The molecule has 2 aromatic rings. The van der Waals surface area contributed by atoms with Crippen molar-refractivity contribution in [3.8, 4) is 5.75 Å². The lowest BCUT2D eigenvalue weighted by atomic mass is 10.0. The summed E-state index contributed by atoms with van der Waals surface area (Å²) in [6.45, 7) is 3.72. The molecule has 118 valence electrons. The predicted octanol–water partition coefficient (Wildman–Crippen LogP) is 2.81. The molecule has 1 unspecified atom stereocenters. The van der Waals surface area contributed by atoms with Crippen LogP contribution >= 0.6 is 0 Å². The normalized spacial score (nSPS) is 17.9.